The van der Waals surface area contributed by atoms with Crippen molar-refractivity contribution in [2.24, 2.45) is 5.73 Å². The molecule has 1 rings (SSSR count). The second-order valence-electron chi connectivity index (χ2n) is 3.67. The van der Waals surface area contributed by atoms with E-state index in [4.69, 9.17) is 11.1 Å². The average molecular weight is 207 g/mol. The summed E-state index contributed by atoms with van der Waals surface area (Å²) in [6.45, 7) is 5.98. The first-order valence-electron chi connectivity index (χ1n) is 4.84. The maximum Gasteiger partial charge on any atom is 0.190 e. The Kier molecular flexibility index (Phi) is 3.49. The smallest absolute Gasteiger partial charge is 0.190 e. The van der Waals surface area contributed by atoms with Crippen LogP contribution in [0.2, 0.25) is 0 Å². The summed E-state index contributed by atoms with van der Waals surface area (Å²) in [5, 5.41) is 13.0. The van der Waals surface area contributed by atoms with Crippen molar-refractivity contribution in [1.82, 2.24) is 4.98 Å². The zero-order valence-electron chi connectivity index (χ0n) is 9.26. The van der Waals surface area contributed by atoms with E-state index in [0.29, 0.717) is 6.04 Å². The lowest BCUT2D eigenvalue weighted by atomic mass is 10.3. The molecule has 15 heavy (non-hydrogen) atoms. The number of nitrogens with two attached hydrogens (primary N) is 1. The van der Waals surface area contributed by atoms with Crippen molar-refractivity contribution in [2.75, 3.05) is 10.6 Å². The van der Waals surface area contributed by atoms with Gasteiger partial charge in [0.25, 0.3) is 0 Å². The summed E-state index contributed by atoms with van der Waals surface area (Å²) >= 11 is 0. The van der Waals surface area contributed by atoms with E-state index in [2.05, 4.69) is 29.5 Å². The molecule has 0 saturated carbocycles. The Morgan fingerprint density at radius 3 is 2.60 bits per heavy atom. The molecule has 1 aromatic rings. The first-order valence-corrected chi connectivity index (χ1v) is 4.84. The number of rotatable bonds is 3. The van der Waals surface area contributed by atoms with Gasteiger partial charge in [-0.05, 0) is 32.9 Å². The SMILES string of the molecule is Cc1nc(NC(C)C)ccc1NC(=N)N. The lowest BCUT2D eigenvalue weighted by Gasteiger charge is -2.12. The number of pyridine rings is 1. The molecular weight excluding hydrogens is 190 g/mol. The average Bonchev–Trinajstić information content (AvgIpc) is 2.08. The molecule has 0 aliphatic carbocycles. The number of anilines is 2. The van der Waals surface area contributed by atoms with Gasteiger partial charge < -0.3 is 16.4 Å². The minimum Gasteiger partial charge on any atom is -0.370 e. The lowest BCUT2D eigenvalue weighted by molar-refractivity contribution is 0.887. The van der Waals surface area contributed by atoms with Crippen LogP contribution in [0, 0.1) is 12.3 Å². The maximum atomic E-state index is 7.12. The molecule has 0 saturated heterocycles. The molecule has 5 heteroatoms. The number of guanidine groups is 1. The summed E-state index contributed by atoms with van der Waals surface area (Å²) in [7, 11) is 0. The molecule has 0 atom stereocenters. The topological polar surface area (TPSA) is 86.8 Å². The van der Waals surface area contributed by atoms with E-state index < -0.39 is 0 Å². The molecule has 1 aromatic heterocycles. The van der Waals surface area contributed by atoms with Crippen LogP contribution in [-0.4, -0.2) is 17.0 Å². The maximum absolute atomic E-state index is 7.12. The minimum atomic E-state index is -0.0792. The van der Waals surface area contributed by atoms with E-state index in [9.17, 15) is 0 Å². The Hall–Kier alpha value is -1.78. The predicted molar refractivity (Wildman–Crippen MR) is 63.3 cm³/mol. The van der Waals surface area contributed by atoms with Gasteiger partial charge >= 0.3 is 0 Å². The number of aryl methyl sites for hydroxylation is 1. The third-order valence-corrected chi connectivity index (χ3v) is 1.79. The van der Waals surface area contributed by atoms with Gasteiger partial charge in [0.2, 0.25) is 0 Å². The Labute approximate surface area is 89.6 Å². The van der Waals surface area contributed by atoms with E-state index in [0.717, 1.165) is 17.2 Å². The van der Waals surface area contributed by atoms with Crippen molar-refractivity contribution >= 4 is 17.5 Å². The number of aromatic nitrogens is 1. The fraction of sp³-hybridized carbons (Fsp3) is 0.400. The summed E-state index contributed by atoms with van der Waals surface area (Å²) in [5.74, 6) is 0.751. The molecule has 82 valence electrons. The second kappa shape index (κ2) is 4.63. The molecule has 0 aliphatic rings. The van der Waals surface area contributed by atoms with Gasteiger partial charge in [-0.15, -0.1) is 0 Å². The van der Waals surface area contributed by atoms with Gasteiger partial charge in [0.05, 0.1) is 11.4 Å². The fourth-order valence-corrected chi connectivity index (χ4v) is 1.21. The highest BCUT2D eigenvalue weighted by atomic mass is 15.1. The summed E-state index contributed by atoms with van der Waals surface area (Å²) in [6.07, 6.45) is 0. The quantitative estimate of drug-likeness (QED) is 0.447. The first kappa shape index (κ1) is 11.3. The van der Waals surface area contributed by atoms with Crippen LogP contribution in [0.1, 0.15) is 19.5 Å². The third kappa shape index (κ3) is 3.46. The van der Waals surface area contributed by atoms with Crippen LogP contribution >= 0.6 is 0 Å². The van der Waals surface area contributed by atoms with E-state index in [1.807, 2.05) is 19.1 Å². The Bertz CT molecular complexity index is 359. The standard InChI is InChI=1S/C10H17N5/c1-6(2)13-9-5-4-8(7(3)14-9)15-10(11)12/h4-6H,1-3H3,(H,13,14)(H4,11,12,15). The molecule has 0 bridgehead atoms. The number of hydrogen-bond donors (Lipinski definition) is 4. The van der Waals surface area contributed by atoms with E-state index in [1.165, 1.54) is 0 Å². The van der Waals surface area contributed by atoms with Gasteiger partial charge in [-0.2, -0.15) is 0 Å². The molecule has 1 heterocycles. The highest BCUT2D eigenvalue weighted by Crippen LogP contribution is 2.15. The van der Waals surface area contributed by atoms with Crippen LogP contribution in [-0.2, 0) is 0 Å². The summed E-state index contributed by atoms with van der Waals surface area (Å²) < 4.78 is 0. The Balaban J connectivity index is 2.83. The van der Waals surface area contributed by atoms with Gasteiger partial charge in [-0.1, -0.05) is 0 Å². The van der Waals surface area contributed by atoms with Crippen molar-refractivity contribution < 1.29 is 0 Å². The minimum absolute atomic E-state index is 0.0792. The van der Waals surface area contributed by atoms with E-state index in [1.54, 1.807) is 0 Å². The molecule has 0 spiro atoms. The van der Waals surface area contributed by atoms with E-state index in [-0.39, 0.29) is 5.96 Å². The number of hydrogen-bond acceptors (Lipinski definition) is 3. The zero-order chi connectivity index (χ0) is 11.4. The van der Waals surface area contributed by atoms with Crippen molar-refractivity contribution in [2.45, 2.75) is 26.8 Å². The van der Waals surface area contributed by atoms with Gasteiger partial charge in [0, 0.05) is 6.04 Å². The highest BCUT2D eigenvalue weighted by Gasteiger charge is 2.02. The summed E-state index contributed by atoms with van der Waals surface area (Å²) in [6, 6.07) is 4.07. The van der Waals surface area contributed by atoms with Crippen molar-refractivity contribution in [3.8, 4) is 0 Å². The summed E-state index contributed by atoms with van der Waals surface area (Å²) in [4.78, 5) is 4.34. The predicted octanol–water partition coefficient (Wildman–Crippen LogP) is 1.52. The summed E-state index contributed by atoms with van der Waals surface area (Å²) in [5.41, 5.74) is 6.82. The van der Waals surface area contributed by atoms with Crippen molar-refractivity contribution in [3.63, 3.8) is 0 Å². The molecule has 5 N–H and O–H groups in total. The Morgan fingerprint density at radius 2 is 2.13 bits per heavy atom. The van der Waals surface area contributed by atoms with Gasteiger partial charge in [-0.3, -0.25) is 5.41 Å². The van der Waals surface area contributed by atoms with Crippen LogP contribution in [0.4, 0.5) is 11.5 Å². The molecule has 0 aliphatic heterocycles. The van der Waals surface area contributed by atoms with Crippen LogP contribution in [0.5, 0.6) is 0 Å². The highest BCUT2D eigenvalue weighted by molar-refractivity contribution is 5.90. The van der Waals surface area contributed by atoms with Crippen LogP contribution in [0.3, 0.4) is 0 Å². The normalized spacial score (nSPS) is 10.1. The van der Waals surface area contributed by atoms with Gasteiger partial charge in [-0.25, -0.2) is 4.98 Å². The van der Waals surface area contributed by atoms with Crippen LogP contribution < -0.4 is 16.4 Å². The van der Waals surface area contributed by atoms with E-state index >= 15 is 0 Å². The Morgan fingerprint density at radius 1 is 1.47 bits per heavy atom. The van der Waals surface area contributed by atoms with Gasteiger partial charge in [0.1, 0.15) is 5.82 Å². The second-order valence-corrected chi connectivity index (χ2v) is 3.67. The molecular formula is C10H17N5. The molecule has 0 aromatic carbocycles. The van der Waals surface area contributed by atoms with Crippen LogP contribution in [0.15, 0.2) is 12.1 Å². The first-order chi connectivity index (χ1) is 6.99. The largest absolute Gasteiger partial charge is 0.370 e. The molecule has 0 radical (unpaired) electrons. The van der Waals surface area contributed by atoms with Crippen LogP contribution in [0.25, 0.3) is 0 Å². The molecule has 0 amide bonds. The fourth-order valence-electron chi connectivity index (χ4n) is 1.21. The van der Waals surface area contributed by atoms with Gasteiger partial charge in [0.15, 0.2) is 5.96 Å². The van der Waals surface area contributed by atoms with Crippen molar-refractivity contribution in [3.05, 3.63) is 17.8 Å². The molecule has 0 unspecified atom stereocenters. The number of nitrogens with zero attached hydrogens (tertiary/aromatic N) is 1. The molecule has 5 nitrogen and oxygen atoms in total. The molecule has 0 fully saturated rings. The lowest BCUT2D eigenvalue weighted by Crippen LogP contribution is -2.21. The third-order valence-electron chi connectivity index (χ3n) is 1.79. The zero-order valence-corrected chi connectivity index (χ0v) is 9.26. The van der Waals surface area contributed by atoms with Crippen molar-refractivity contribution in [1.29, 1.82) is 5.41 Å². The number of nitrogens with one attached hydrogen (secondary N) is 3. The monoisotopic (exact) mass is 207 g/mol.